The zero-order chi connectivity index (χ0) is 17.1. The molecule has 1 saturated heterocycles. The quantitative estimate of drug-likeness (QED) is 0.849. The first kappa shape index (κ1) is 16.2. The highest BCUT2D eigenvalue weighted by molar-refractivity contribution is 5.34. The van der Waals surface area contributed by atoms with Gasteiger partial charge in [0.1, 0.15) is 0 Å². The minimum absolute atomic E-state index is 0.00718. The molecule has 1 atom stereocenters. The zero-order valence-electron chi connectivity index (χ0n) is 14.2. The Kier molecular flexibility index (Phi) is 4.72. The molecule has 4 rings (SSSR count). The van der Waals surface area contributed by atoms with Gasteiger partial charge in [0, 0.05) is 13.1 Å². The Hall–Kier alpha value is -2.30. The molecule has 1 aliphatic carbocycles. The third kappa shape index (κ3) is 3.28. The summed E-state index contributed by atoms with van der Waals surface area (Å²) in [6.07, 6.45) is 4.76. The number of aromatic nitrogens is 4. The first-order valence-electron chi connectivity index (χ1n) is 8.96. The molecule has 2 aliphatic rings. The van der Waals surface area contributed by atoms with E-state index >= 15 is 0 Å². The second-order valence-corrected chi connectivity index (χ2v) is 6.70. The summed E-state index contributed by atoms with van der Waals surface area (Å²) in [5.41, 5.74) is 1.79. The molecular formula is C18H22N6O. The molecule has 0 bridgehead atoms. The second-order valence-electron chi connectivity index (χ2n) is 6.70. The molecule has 0 radical (unpaired) electrons. The molecule has 25 heavy (non-hydrogen) atoms. The van der Waals surface area contributed by atoms with Gasteiger partial charge < -0.3 is 4.74 Å². The van der Waals surface area contributed by atoms with Gasteiger partial charge in [0.15, 0.2) is 5.82 Å². The smallest absolute Gasteiger partial charge is 0.173 e. The molecule has 0 spiro atoms. The molecule has 1 aliphatic heterocycles. The average Bonchev–Trinajstić information content (AvgIpc) is 3.35. The fraction of sp³-hybridized carbons (Fsp3) is 0.556. The summed E-state index contributed by atoms with van der Waals surface area (Å²) < 4.78 is 7.56. The van der Waals surface area contributed by atoms with Crippen molar-refractivity contribution >= 4 is 0 Å². The van der Waals surface area contributed by atoms with Crippen molar-refractivity contribution in [2.24, 2.45) is 0 Å². The van der Waals surface area contributed by atoms with Crippen LogP contribution in [0.3, 0.4) is 0 Å². The van der Waals surface area contributed by atoms with Gasteiger partial charge in [-0.3, -0.25) is 4.90 Å². The Labute approximate surface area is 147 Å². The molecular weight excluding hydrogens is 316 g/mol. The summed E-state index contributed by atoms with van der Waals surface area (Å²) in [4.78, 5) is 2.38. The van der Waals surface area contributed by atoms with Crippen molar-refractivity contribution in [1.82, 2.24) is 25.1 Å². The SMILES string of the molecule is N#Cc1ccc(C(c2nnnn2C2CCCC2)N2CCOCC2)cc1. The van der Waals surface area contributed by atoms with E-state index in [4.69, 9.17) is 10.00 Å². The Morgan fingerprint density at radius 2 is 1.84 bits per heavy atom. The van der Waals surface area contributed by atoms with Gasteiger partial charge in [-0.25, -0.2) is 4.68 Å². The lowest BCUT2D eigenvalue weighted by Gasteiger charge is -2.34. The highest BCUT2D eigenvalue weighted by atomic mass is 16.5. The number of benzene rings is 1. The minimum atomic E-state index is -0.00718. The van der Waals surface area contributed by atoms with E-state index in [9.17, 15) is 0 Å². The molecule has 0 N–H and O–H groups in total. The maximum Gasteiger partial charge on any atom is 0.173 e. The van der Waals surface area contributed by atoms with Gasteiger partial charge >= 0.3 is 0 Å². The fourth-order valence-corrected chi connectivity index (χ4v) is 3.89. The maximum absolute atomic E-state index is 9.07. The van der Waals surface area contributed by atoms with Crippen molar-refractivity contribution in [3.63, 3.8) is 0 Å². The monoisotopic (exact) mass is 338 g/mol. The lowest BCUT2D eigenvalue weighted by Crippen LogP contribution is -2.40. The maximum atomic E-state index is 9.07. The summed E-state index contributed by atoms with van der Waals surface area (Å²) in [6.45, 7) is 3.14. The predicted molar refractivity (Wildman–Crippen MR) is 90.7 cm³/mol. The fourth-order valence-electron chi connectivity index (χ4n) is 3.89. The van der Waals surface area contributed by atoms with Crippen LogP contribution in [0, 0.1) is 11.3 Å². The van der Waals surface area contributed by atoms with Crippen molar-refractivity contribution in [3.05, 3.63) is 41.2 Å². The van der Waals surface area contributed by atoms with Crippen LogP contribution in [0.4, 0.5) is 0 Å². The lowest BCUT2D eigenvalue weighted by atomic mass is 10.0. The number of morpholine rings is 1. The van der Waals surface area contributed by atoms with Gasteiger partial charge in [-0.15, -0.1) is 5.10 Å². The van der Waals surface area contributed by atoms with E-state index in [0.717, 1.165) is 50.5 Å². The van der Waals surface area contributed by atoms with Crippen LogP contribution in [-0.2, 0) is 4.74 Å². The Balaban J connectivity index is 1.72. The Bertz CT molecular complexity index is 738. The third-order valence-corrected chi connectivity index (χ3v) is 5.20. The van der Waals surface area contributed by atoms with Gasteiger partial charge in [-0.2, -0.15) is 5.26 Å². The highest BCUT2D eigenvalue weighted by Crippen LogP contribution is 2.34. The standard InChI is InChI=1S/C18H22N6O/c19-13-14-5-7-15(8-6-14)17(23-9-11-25-12-10-23)18-20-21-22-24(18)16-3-1-2-4-16/h5-8,16-17H,1-4,9-12H2. The molecule has 0 amide bonds. The normalized spacial score (nSPS) is 20.4. The number of hydrogen-bond donors (Lipinski definition) is 0. The van der Waals surface area contributed by atoms with Crippen molar-refractivity contribution in [2.45, 2.75) is 37.8 Å². The van der Waals surface area contributed by atoms with E-state index < -0.39 is 0 Å². The first-order chi connectivity index (χ1) is 12.4. The van der Waals surface area contributed by atoms with Crippen LogP contribution in [0.15, 0.2) is 24.3 Å². The summed E-state index contributed by atoms with van der Waals surface area (Å²) in [5, 5.41) is 21.8. The van der Waals surface area contributed by atoms with E-state index in [1.54, 1.807) is 0 Å². The molecule has 130 valence electrons. The molecule has 2 aromatic rings. The number of nitriles is 1. The molecule has 7 nitrogen and oxygen atoms in total. The van der Waals surface area contributed by atoms with E-state index in [1.165, 1.54) is 12.8 Å². The summed E-state index contributed by atoms with van der Waals surface area (Å²) in [7, 11) is 0. The van der Waals surface area contributed by atoms with Crippen molar-refractivity contribution in [2.75, 3.05) is 26.3 Å². The Morgan fingerprint density at radius 3 is 2.52 bits per heavy atom. The summed E-state index contributed by atoms with van der Waals surface area (Å²) in [6, 6.07) is 10.3. The van der Waals surface area contributed by atoms with Crippen molar-refractivity contribution < 1.29 is 4.74 Å². The largest absolute Gasteiger partial charge is 0.379 e. The van der Waals surface area contributed by atoms with Crippen LogP contribution < -0.4 is 0 Å². The van der Waals surface area contributed by atoms with E-state index in [0.29, 0.717) is 11.6 Å². The minimum Gasteiger partial charge on any atom is -0.379 e. The second kappa shape index (κ2) is 7.30. The van der Waals surface area contributed by atoms with Crippen LogP contribution in [0.1, 0.15) is 54.7 Å². The zero-order valence-corrected chi connectivity index (χ0v) is 14.2. The number of nitrogens with zero attached hydrogens (tertiary/aromatic N) is 6. The number of rotatable bonds is 4. The number of hydrogen-bond acceptors (Lipinski definition) is 6. The first-order valence-corrected chi connectivity index (χ1v) is 8.96. The molecule has 2 heterocycles. The van der Waals surface area contributed by atoms with Gasteiger partial charge in [0.2, 0.25) is 0 Å². The molecule has 2 fully saturated rings. The van der Waals surface area contributed by atoms with Gasteiger partial charge in [0.05, 0.1) is 36.9 Å². The lowest BCUT2D eigenvalue weighted by molar-refractivity contribution is 0.0213. The molecule has 7 heteroatoms. The summed E-state index contributed by atoms with van der Waals surface area (Å²) in [5.74, 6) is 0.901. The van der Waals surface area contributed by atoms with Gasteiger partial charge in [-0.05, 0) is 41.0 Å². The summed E-state index contributed by atoms with van der Waals surface area (Å²) >= 11 is 0. The molecule has 1 aromatic heterocycles. The van der Waals surface area contributed by atoms with E-state index in [2.05, 4.69) is 26.5 Å². The number of ether oxygens (including phenoxy) is 1. The molecule has 1 aromatic carbocycles. The van der Waals surface area contributed by atoms with Crippen LogP contribution in [0.5, 0.6) is 0 Å². The van der Waals surface area contributed by atoms with Crippen molar-refractivity contribution in [3.8, 4) is 6.07 Å². The highest BCUT2D eigenvalue weighted by Gasteiger charge is 2.32. The molecule has 1 saturated carbocycles. The van der Waals surface area contributed by atoms with Crippen LogP contribution in [0.2, 0.25) is 0 Å². The van der Waals surface area contributed by atoms with E-state index in [1.807, 2.05) is 28.9 Å². The van der Waals surface area contributed by atoms with Crippen LogP contribution >= 0.6 is 0 Å². The Morgan fingerprint density at radius 1 is 1.12 bits per heavy atom. The van der Waals surface area contributed by atoms with Crippen molar-refractivity contribution in [1.29, 1.82) is 5.26 Å². The van der Waals surface area contributed by atoms with Gasteiger partial charge in [-0.1, -0.05) is 25.0 Å². The third-order valence-electron chi connectivity index (χ3n) is 5.20. The van der Waals surface area contributed by atoms with Gasteiger partial charge in [0.25, 0.3) is 0 Å². The van der Waals surface area contributed by atoms with E-state index in [-0.39, 0.29) is 6.04 Å². The number of tetrazole rings is 1. The average molecular weight is 338 g/mol. The van der Waals surface area contributed by atoms with Crippen LogP contribution in [0.25, 0.3) is 0 Å². The predicted octanol–water partition coefficient (Wildman–Crippen LogP) is 2.08. The topological polar surface area (TPSA) is 79.9 Å². The molecule has 1 unspecified atom stereocenters. The van der Waals surface area contributed by atoms with Crippen LogP contribution in [-0.4, -0.2) is 51.4 Å².